The highest BCUT2D eigenvalue weighted by atomic mass is 16.6. The Balaban J connectivity index is 2.12. The molecular weight excluding hydrogens is 382 g/mol. The van der Waals surface area contributed by atoms with Gasteiger partial charge in [-0.15, -0.1) is 0 Å². The number of ether oxygens (including phenoxy) is 3. The summed E-state index contributed by atoms with van der Waals surface area (Å²) in [6.07, 6.45) is 4.61. The summed E-state index contributed by atoms with van der Waals surface area (Å²) in [7, 11) is 0. The standard InChI is InChI=1S/C24H39NO5/c1-6-8-16-28-19-10-11-20(21(18-19)29-17-9-7-2)24(27)12-14-25(15-13-24)22(26)30-23(3,4)5/h10-11,18,27H,6-9,12-17H2,1-5H3. The van der Waals surface area contributed by atoms with Crippen LogP contribution in [0.15, 0.2) is 18.2 Å². The number of piperidine rings is 1. The predicted molar refractivity (Wildman–Crippen MR) is 118 cm³/mol. The lowest BCUT2D eigenvalue weighted by Crippen LogP contribution is -2.46. The summed E-state index contributed by atoms with van der Waals surface area (Å²) in [4.78, 5) is 14.0. The molecule has 0 atom stereocenters. The van der Waals surface area contributed by atoms with Gasteiger partial charge >= 0.3 is 6.09 Å². The van der Waals surface area contributed by atoms with Crippen molar-refractivity contribution in [3.63, 3.8) is 0 Å². The van der Waals surface area contributed by atoms with Gasteiger partial charge in [0.1, 0.15) is 17.1 Å². The van der Waals surface area contributed by atoms with Crippen molar-refractivity contribution >= 4 is 6.09 Å². The summed E-state index contributed by atoms with van der Waals surface area (Å²) in [6.45, 7) is 12.0. The van der Waals surface area contributed by atoms with E-state index in [1.165, 1.54) is 0 Å². The molecule has 1 aliphatic heterocycles. The third-order valence-corrected chi connectivity index (χ3v) is 5.22. The van der Waals surface area contributed by atoms with Crippen LogP contribution in [0.2, 0.25) is 0 Å². The Morgan fingerprint density at radius 2 is 1.67 bits per heavy atom. The maximum Gasteiger partial charge on any atom is 0.410 e. The molecule has 0 aliphatic carbocycles. The minimum Gasteiger partial charge on any atom is -0.493 e. The SMILES string of the molecule is CCCCOc1ccc(C2(O)CCN(C(=O)OC(C)(C)C)CC2)c(OCCCC)c1. The molecule has 1 saturated heterocycles. The first-order chi connectivity index (χ1) is 14.2. The number of hydrogen-bond acceptors (Lipinski definition) is 5. The first-order valence-electron chi connectivity index (χ1n) is 11.3. The highest BCUT2D eigenvalue weighted by molar-refractivity contribution is 5.68. The van der Waals surface area contributed by atoms with Gasteiger partial charge in [-0.2, -0.15) is 0 Å². The molecule has 1 N–H and O–H groups in total. The van der Waals surface area contributed by atoms with Gasteiger partial charge in [-0.05, 0) is 58.6 Å². The van der Waals surface area contributed by atoms with Crippen LogP contribution < -0.4 is 9.47 Å². The summed E-state index contributed by atoms with van der Waals surface area (Å²) in [6, 6.07) is 5.69. The molecule has 0 aromatic heterocycles. The molecule has 0 unspecified atom stereocenters. The maximum atomic E-state index is 12.4. The molecule has 0 spiro atoms. The number of rotatable bonds is 9. The fourth-order valence-electron chi connectivity index (χ4n) is 3.41. The fourth-order valence-corrected chi connectivity index (χ4v) is 3.41. The Bertz CT molecular complexity index is 675. The first kappa shape index (κ1) is 24.3. The number of benzene rings is 1. The third kappa shape index (κ3) is 7.08. The van der Waals surface area contributed by atoms with E-state index >= 15 is 0 Å². The van der Waals surface area contributed by atoms with Crippen LogP contribution >= 0.6 is 0 Å². The number of aliphatic hydroxyl groups is 1. The van der Waals surface area contributed by atoms with E-state index in [1.54, 1.807) is 4.90 Å². The van der Waals surface area contributed by atoms with E-state index in [4.69, 9.17) is 14.2 Å². The van der Waals surface area contributed by atoms with Crippen LogP contribution in [-0.4, -0.2) is 48.0 Å². The number of carbonyl (C=O) groups is 1. The lowest BCUT2D eigenvalue weighted by molar-refractivity contribution is -0.0369. The molecule has 1 aliphatic rings. The van der Waals surface area contributed by atoms with Crippen LogP contribution in [0.3, 0.4) is 0 Å². The topological polar surface area (TPSA) is 68.2 Å². The normalized spacial score (nSPS) is 16.3. The van der Waals surface area contributed by atoms with Gasteiger partial charge in [-0.1, -0.05) is 26.7 Å². The van der Waals surface area contributed by atoms with E-state index in [9.17, 15) is 9.90 Å². The highest BCUT2D eigenvalue weighted by Crippen LogP contribution is 2.40. The van der Waals surface area contributed by atoms with E-state index < -0.39 is 11.2 Å². The van der Waals surface area contributed by atoms with Crippen LogP contribution in [-0.2, 0) is 10.3 Å². The van der Waals surface area contributed by atoms with E-state index in [1.807, 2.05) is 39.0 Å². The van der Waals surface area contributed by atoms with Gasteiger partial charge in [0.05, 0.1) is 18.8 Å². The lowest BCUT2D eigenvalue weighted by atomic mass is 9.84. The molecule has 170 valence electrons. The maximum absolute atomic E-state index is 12.4. The molecule has 6 heteroatoms. The van der Waals surface area contributed by atoms with Crippen LogP contribution in [0.1, 0.15) is 78.7 Å². The molecule has 2 rings (SSSR count). The zero-order chi connectivity index (χ0) is 22.2. The Labute approximate surface area is 181 Å². The van der Waals surface area contributed by atoms with Crippen molar-refractivity contribution in [2.75, 3.05) is 26.3 Å². The monoisotopic (exact) mass is 421 g/mol. The Morgan fingerprint density at radius 3 is 2.23 bits per heavy atom. The second-order valence-electron chi connectivity index (χ2n) is 9.06. The Kier molecular flexibility index (Phi) is 8.83. The van der Waals surface area contributed by atoms with E-state index in [0.29, 0.717) is 44.9 Å². The summed E-state index contributed by atoms with van der Waals surface area (Å²) in [5.41, 5.74) is -0.800. The molecule has 0 bridgehead atoms. The van der Waals surface area contributed by atoms with Gasteiger partial charge in [0.15, 0.2) is 0 Å². The van der Waals surface area contributed by atoms with Crippen molar-refractivity contribution in [2.45, 2.75) is 84.3 Å². The molecule has 6 nitrogen and oxygen atoms in total. The van der Waals surface area contributed by atoms with E-state index in [2.05, 4.69) is 13.8 Å². The molecule has 1 aromatic rings. The lowest BCUT2D eigenvalue weighted by Gasteiger charge is -2.39. The molecule has 30 heavy (non-hydrogen) atoms. The van der Waals surface area contributed by atoms with Gasteiger partial charge in [-0.25, -0.2) is 4.79 Å². The molecule has 1 heterocycles. The van der Waals surface area contributed by atoms with Gasteiger partial charge in [0.2, 0.25) is 0 Å². The Hall–Kier alpha value is -1.95. The molecular formula is C24H39NO5. The minimum atomic E-state index is -1.04. The van der Waals surface area contributed by atoms with Crippen LogP contribution in [0.5, 0.6) is 11.5 Å². The predicted octanol–water partition coefficient (Wildman–Crippen LogP) is 5.26. The van der Waals surface area contributed by atoms with Gasteiger partial charge in [-0.3, -0.25) is 0 Å². The van der Waals surface area contributed by atoms with Crippen LogP contribution in [0, 0.1) is 0 Å². The molecule has 0 saturated carbocycles. The van der Waals surface area contributed by atoms with Crippen molar-refractivity contribution < 1.29 is 24.1 Å². The first-order valence-corrected chi connectivity index (χ1v) is 11.3. The molecule has 1 fully saturated rings. The number of nitrogens with zero attached hydrogens (tertiary/aromatic N) is 1. The number of likely N-dealkylation sites (tertiary alicyclic amines) is 1. The number of unbranched alkanes of at least 4 members (excludes halogenated alkanes) is 2. The number of amides is 1. The molecule has 0 radical (unpaired) electrons. The van der Waals surface area contributed by atoms with Crippen LogP contribution in [0.4, 0.5) is 4.79 Å². The average Bonchev–Trinajstić information content (AvgIpc) is 2.67. The number of hydrogen-bond donors (Lipinski definition) is 1. The largest absolute Gasteiger partial charge is 0.493 e. The third-order valence-electron chi connectivity index (χ3n) is 5.22. The van der Waals surface area contributed by atoms with Crippen LogP contribution in [0.25, 0.3) is 0 Å². The second kappa shape index (κ2) is 10.9. The smallest absolute Gasteiger partial charge is 0.410 e. The van der Waals surface area contributed by atoms with E-state index in [-0.39, 0.29) is 6.09 Å². The zero-order valence-electron chi connectivity index (χ0n) is 19.3. The van der Waals surface area contributed by atoms with Crippen molar-refractivity contribution in [3.8, 4) is 11.5 Å². The van der Waals surface area contributed by atoms with Crippen molar-refractivity contribution in [1.29, 1.82) is 0 Å². The second-order valence-corrected chi connectivity index (χ2v) is 9.06. The van der Waals surface area contributed by atoms with Crippen molar-refractivity contribution in [1.82, 2.24) is 4.90 Å². The van der Waals surface area contributed by atoms with E-state index in [0.717, 1.165) is 37.0 Å². The molecule has 1 amide bonds. The molecule has 1 aromatic carbocycles. The van der Waals surface area contributed by atoms with Crippen molar-refractivity contribution in [2.24, 2.45) is 0 Å². The van der Waals surface area contributed by atoms with Gasteiger partial charge in [0, 0.05) is 24.7 Å². The summed E-state index contributed by atoms with van der Waals surface area (Å²) in [5.74, 6) is 1.43. The van der Waals surface area contributed by atoms with Gasteiger partial charge < -0.3 is 24.2 Å². The zero-order valence-corrected chi connectivity index (χ0v) is 19.3. The summed E-state index contributed by atoms with van der Waals surface area (Å²) >= 11 is 0. The average molecular weight is 422 g/mol. The van der Waals surface area contributed by atoms with Crippen molar-refractivity contribution in [3.05, 3.63) is 23.8 Å². The number of carbonyl (C=O) groups excluding carboxylic acids is 1. The highest BCUT2D eigenvalue weighted by Gasteiger charge is 2.38. The minimum absolute atomic E-state index is 0.330. The summed E-state index contributed by atoms with van der Waals surface area (Å²) < 4.78 is 17.3. The quantitative estimate of drug-likeness (QED) is 0.551. The Morgan fingerprint density at radius 1 is 1.07 bits per heavy atom. The summed E-state index contributed by atoms with van der Waals surface area (Å²) in [5, 5.41) is 11.4. The van der Waals surface area contributed by atoms with Gasteiger partial charge in [0.25, 0.3) is 0 Å². The fraction of sp³-hybridized carbons (Fsp3) is 0.708.